The topological polar surface area (TPSA) is 12.9 Å². The first-order chi connectivity index (χ1) is 11.4. The van der Waals surface area contributed by atoms with Crippen LogP contribution in [0.3, 0.4) is 0 Å². The third kappa shape index (κ3) is 15.2. The molecule has 0 N–H and O–H groups in total. The molecule has 0 aliphatic carbocycles. The number of aromatic nitrogens is 1. The summed E-state index contributed by atoms with van der Waals surface area (Å²) in [5.41, 5.74) is 1.44. The lowest BCUT2D eigenvalue weighted by Crippen LogP contribution is -1.87. The van der Waals surface area contributed by atoms with Crippen molar-refractivity contribution in [2.24, 2.45) is 0 Å². The van der Waals surface area contributed by atoms with Crippen molar-refractivity contribution < 1.29 is 0 Å². The summed E-state index contributed by atoms with van der Waals surface area (Å²) in [4.78, 5) is 4.07. The Morgan fingerprint density at radius 1 is 0.583 bits per heavy atom. The van der Waals surface area contributed by atoms with E-state index in [0.717, 1.165) is 0 Å². The van der Waals surface area contributed by atoms with Gasteiger partial charge in [-0.1, -0.05) is 96.8 Å². The Morgan fingerprint density at radius 2 is 0.958 bits per heavy atom. The molecule has 2 heteroatoms. The summed E-state index contributed by atoms with van der Waals surface area (Å²) >= 11 is 0. The highest BCUT2D eigenvalue weighted by Gasteiger charge is 1.95. The number of hydrogen-bond donors (Lipinski definition) is 0. The molecular weight excluding hydrogens is 358 g/mol. The van der Waals surface area contributed by atoms with Crippen LogP contribution >= 0.6 is 17.0 Å². The van der Waals surface area contributed by atoms with E-state index in [1.165, 1.54) is 108 Å². The van der Waals surface area contributed by atoms with Gasteiger partial charge in [0.15, 0.2) is 0 Å². The van der Waals surface area contributed by atoms with Crippen molar-refractivity contribution in [2.45, 2.75) is 110 Å². The minimum absolute atomic E-state index is 0. The van der Waals surface area contributed by atoms with E-state index in [-0.39, 0.29) is 17.0 Å². The maximum absolute atomic E-state index is 4.07. The molecule has 1 heterocycles. The minimum atomic E-state index is 0. The second-order valence-electron chi connectivity index (χ2n) is 7.06. The van der Waals surface area contributed by atoms with Gasteiger partial charge < -0.3 is 0 Å². The standard InChI is InChI=1S/C22H39N.BrH/c1-2-3-4-5-6-7-8-9-10-11-12-13-14-15-16-17-22-18-20-23-21-19-22;/h18-21H,2-17H2,1H3;1H. The average molecular weight is 398 g/mol. The molecule has 1 nitrogen and oxygen atoms in total. The highest BCUT2D eigenvalue weighted by atomic mass is 79.9. The van der Waals surface area contributed by atoms with Crippen LogP contribution in [0.5, 0.6) is 0 Å². The smallest absolute Gasteiger partial charge is 0.0270 e. The highest BCUT2D eigenvalue weighted by Crippen LogP contribution is 2.14. The molecule has 1 rings (SSSR count). The third-order valence-corrected chi connectivity index (χ3v) is 4.82. The molecule has 1 aromatic rings. The normalized spacial score (nSPS) is 10.5. The zero-order valence-electron chi connectivity index (χ0n) is 16.0. The van der Waals surface area contributed by atoms with Gasteiger partial charge in [0.25, 0.3) is 0 Å². The van der Waals surface area contributed by atoms with E-state index in [2.05, 4.69) is 24.0 Å². The lowest BCUT2D eigenvalue weighted by atomic mass is 10.0. The molecule has 0 aromatic carbocycles. The van der Waals surface area contributed by atoms with Crippen LogP contribution in [0.15, 0.2) is 24.5 Å². The molecule has 0 atom stereocenters. The SMILES string of the molecule is Br.CCCCCCCCCCCCCCCCCc1ccncc1. The maximum atomic E-state index is 4.07. The van der Waals surface area contributed by atoms with Crippen molar-refractivity contribution in [1.29, 1.82) is 0 Å². The summed E-state index contributed by atoms with van der Waals surface area (Å²) in [6.45, 7) is 2.29. The summed E-state index contributed by atoms with van der Waals surface area (Å²) < 4.78 is 0. The van der Waals surface area contributed by atoms with Crippen LogP contribution in [0.2, 0.25) is 0 Å². The average Bonchev–Trinajstić information content (AvgIpc) is 2.59. The summed E-state index contributed by atoms with van der Waals surface area (Å²) in [5.74, 6) is 0. The molecule has 0 fully saturated rings. The molecular formula is C22H40BrN. The van der Waals surface area contributed by atoms with Crippen molar-refractivity contribution in [3.8, 4) is 0 Å². The first-order valence-corrected chi connectivity index (χ1v) is 10.3. The van der Waals surface area contributed by atoms with Crippen molar-refractivity contribution in [3.63, 3.8) is 0 Å². The number of hydrogen-bond acceptors (Lipinski definition) is 1. The predicted molar refractivity (Wildman–Crippen MR) is 113 cm³/mol. The molecule has 0 saturated heterocycles. The van der Waals surface area contributed by atoms with E-state index in [4.69, 9.17) is 0 Å². The van der Waals surface area contributed by atoms with Crippen LogP contribution in [0, 0.1) is 0 Å². The van der Waals surface area contributed by atoms with Crippen molar-refractivity contribution in [1.82, 2.24) is 4.98 Å². The summed E-state index contributed by atoms with van der Waals surface area (Å²) in [7, 11) is 0. The Kier molecular flexibility index (Phi) is 18.7. The Labute approximate surface area is 161 Å². The number of unbranched alkanes of at least 4 members (excludes halogenated alkanes) is 14. The van der Waals surface area contributed by atoms with Gasteiger partial charge in [-0.2, -0.15) is 0 Å². The number of aryl methyl sites for hydroxylation is 1. The van der Waals surface area contributed by atoms with E-state index >= 15 is 0 Å². The van der Waals surface area contributed by atoms with Gasteiger partial charge in [-0.25, -0.2) is 0 Å². The van der Waals surface area contributed by atoms with Crippen LogP contribution in [0.25, 0.3) is 0 Å². The number of nitrogens with zero attached hydrogens (tertiary/aromatic N) is 1. The van der Waals surface area contributed by atoms with Gasteiger partial charge in [-0.15, -0.1) is 17.0 Å². The largest absolute Gasteiger partial charge is 0.265 e. The van der Waals surface area contributed by atoms with Gasteiger partial charge in [0.1, 0.15) is 0 Å². The lowest BCUT2D eigenvalue weighted by Gasteiger charge is -2.03. The molecule has 0 aliphatic heterocycles. The second-order valence-corrected chi connectivity index (χ2v) is 7.06. The lowest BCUT2D eigenvalue weighted by molar-refractivity contribution is 0.532. The maximum Gasteiger partial charge on any atom is 0.0270 e. The molecule has 0 bridgehead atoms. The summed E-state index contributed by atoms with van der Waals surface area (Å²) in [5, 5.41) is 0. The minimum Gasteiger partial charge on any atom is -0.265 e. The summed E-state index contributed by atoms with van der Waals surface area (Å²) in [6, 6.07) is 4.29. The molecule has 24 heavy (non-hydrogen) atoms. The van der Waals surface area contributed by atoms with Gasteiger partial charge in [0.05, 0.1) is 0 Å². The summed E-state index contributed by atoms with van der Waals surface area (Å²) in [6.07, 6.45) is 26.6. The van der Waals surface area contributed by atoms with Gasteiger partial charge in [-0.05, 0) is 30.5 Å². The van der Waals surface area contributed by atoms with Crippen LogP contribution in [-0.4, -0.2) is 4.98 Å². The Morgan fingerprint density at radius 3 is 1.38 bits per heavy atom. The number of pyridine rings is 1. The van der Waals surface area contributed by atoms with Crippen molar-refractivity contribution in [3.05, 3.63) is 30.1 Å². The third-order valence-electron chi connectivity index (χ3n) is 4.82. The number of halogens is 1. The van der Waals surface area contributed by atoms with E-state index in [1.807, 2.05) is 12.4 Å². The van der Waals surface area contributed by atoms with E-state index in [1.54, 1.807) is 0 Å². The van der Waals surface area contributed by atoms with Crippen molar-refractivity contribution >= 4 is 17.0 Å². The van der Waals surface area contributed by atoms with Gasteiger partial charge in [-0.3, -0.25) is 4.98 Å². The predicted octanol–water partition coefficient (Wildman–Crippen LogP) is 8.07. The fourth-order valence-electron chi connectivity index (χ4n) is 3.25. The van der Waals surface area contributed by atoms with Crippen LogP contribution < -0.4 is 0 Å². The Bertz CT molecular complexity index is 339. The fourth-order valence-corrected chi connectivity index (χ4v) is 3.25. The van der Waals surface area contributed by atoms with Gasteiger partial charge in [0, 0.05) is 12.4 Å². The highest BCUT2D eigenvalue weighted by molar-refractivity contribution is 8.93. The van der Waals surface area contributed by atoms with E-state index < -0.39 is 0 Å². The zero-order valence-corrected chi connectivity index (χ0v) is 17.7. The molecule has 0 saturated carbocycles. The van der Waals surface area contributed by atoms with Crippen LogP contribution in [-0.2, 0) is 6.42 Å². The fraction of sp³-hybridized carbons (Fsp3) is 0.773. The first kappa shape index (κ1) is 23.6. The van der Waals surface area contributed by atoms with Gasteiger partial charge in [0.2, 0.25) is 0 Å². The molecule has 1 aromatic heterocycles. The second kappa shape index (κ2) is 19.0. The van der Waals surface area contributed by atoms with Crippen LogP contribution in [0.1, 0.15) is 109 Å². The molecule has 0 aliphatic rings. The van der Waals surface area contributed by atoms with E-state index in [9.17, 15) is 0 Å². The quantitative estimate of drug-likeness (QED) is 0.257. The molecule has 140 valence electrons. The van der Waals surface area contributed by atoms with E-state index in [0.29, 0.717) is 0 Å². The number of rotatable bonds is 16. The molecule has 0 amide bonds. The molecule has 0 radical (unpaired) electrons. The molecule has 0 spiro atoms. The first-order valence-electron chi connectivity index (χ1n) is 10.3. The van der Waals surface area contributed by atoms with Crippen LogP contribution in [0.4, 0.5) is 0 Å². The zero-order chi connectivity index (χ0) is 16.4. The monoisotopic (exact) mass is 397 g/mol. The van der Waals surface area contributed by atoms with Gasteiger partial charge >= 0.3 is 0 Å². The Balaban J connectivity index is 0.00000529. The molecule has 0 unspecified atom stereocenters. The van der Waals surface area contributed by atoms with Crippen molar-refractivity contribution in [2.75, 3.05) is 0 Å². The Hall–Kier alpha value is -0.370.